The van der Waals surface area contributed by atoms with Gasteiger partial charge >= 0.3 is 0 Å². The number of piperidine rings is 1. The van der Waals surface area contributed by atoms with Gasteiger partial charge in [-0.05, 0) is 24.5 Å². The summed E-state index contributed by atoms with van der Waals surface area (Å²) in [7, 11) is 0. The summed E-state index contributed by atoms with van der Waals surface area (Å²) in [6.45, 7) is 5.93. The van der Waals surface area contributed by atoms with Crippen LogP contribution in [0.4, 0.5) is 4.39 Å². The number of carbonyl (C=O) groups is 2. The molecule has 0 atom stereocenters. The normalized spacial score (nSPS) is 19.1. The van der Waals surface area contributed by atoms with Crippen LogP contribution < -0.4 is 5.32 Å². The third-order valence-electron chi connectivity index (χ3n) is 5.35. The number of nitrogens with one attached hydrogen (secondary N) is 1. The Hall–Kier alpha value is -1.99. The number of likely N-dealkylation sites (tertiary alicyclic amines) is 1. The maximum atomic E-state index is 13.7. The van der Waals surface area contributed by atoms with Gasteiger partial charge in [-0.25, -0.2) is 4.39 Å². The van der Waals surface area contributed by atoms with Crippen LogP contribution in [-0.2, 0) is 20.7 Å². The second kappa shape index (κ2) is 9.80. The van der Waals surface area contributed by atoms with Gasteiger partial charge in [0.2, 0.25) is 11.8 Å². The molecule has 3 rings (SSSR count). The van der Waals surface area contributed by atoms with Gasteiger partial charge in [-0.1, -0.05) is 18.2 Å². The van der Waals surface area contributed by atoms with E-state index in [0.29, 0.717) is 38.0 Å². The Morgan fingerprint density at radius 1 is 1.11 bits per heavy atom. The topological polar surface area (TPSA) is 61.9 Å². The number of morpholine rings is 1. The number of ether oxygens (including phenoxy) is 1. The van der Waals surface area contributed by atoms with Crippen molar-refractivity contribution in [3.05, 3.63) is 35.6 Å². The Bertz CT molecular complexity index is 641. The van der Waals surface area contributed by atoms with E-state index in [9.17, 15) is 14.0 Å². The summed E-state index contributed by atoms with van der Waals surface area (Å²) in [5, 5.41) is 3.02. The van der Waals surface area contributed by atoms with E-state index in [0.717, 1.165) is 32.8 Å². The lowest BCUT2D eigenvalue weighted by Crippen LogP contribution is -2.45. The highest BCUT2D eigenvalue weighted by Crippen LogP contribution is 2.19. The molecule has 2 amide bonds. The monoisotopic (exact) mass is 377 g/mol. The van der Waals surface area contributed by atoms with E-state index in [1.54, 1.807) is 23.1 Å². The molecule has 2 saturated heterocycles. The molecule has 0 spiro atoms. The average Bonchev–Trinajstić information content (AvgIpc) is 2.70. The minimum absolute atomic E-state index is 0.0489. The molecule has 2 aliphatic heterocycles. The molecular formula is C20H28FN3O3. The fourth-order valence-corrected chi connectivity index (χ4v) is 3.61. The zero-order valence-electron chi connectivity index (χ0n) is 15.7. The van der Waals surface area contributed by atoms with Gasteiger partial charge in [-0.3, -0.25) is 14.5 Å². The van der Waals surface area contributed by atoms with Crippen molar-refractivity contribution in [2.24, 2.45) is 5.92 Å². The van der Waals surface area contributed by atoms with E-state index in [1.807, 2.05) is 0 Å². The number of amides is 2. The van der Waals surface area contributed by atoms with Gasteiger partial charge in [-0.2, -0.15) is 0 Å². The largest absolute Gasteiger partial charge is 0.379 e. The minimum atomic E-state index is -0.347. The van der Waals surface area contributed by atoms with Crippen LogP contribution in [-0.4, -0.2) is 74.1 Å². The number of carbonyl (C=O) groups excluding carboxylic acids is 2. The molecule has 2 aliphatic rings. The molecule has 27 heavy (non-hydrogen) atoms. The molecule has 0 aliphatic carbocycles. The highest BCUT2D eigenvalue weighted by molar-refractivity contribution is 5.81. The number of hydrogen-bond acceptors (Lipinski definition) is 4. The Morgan fingerprint density at radius 3 is 2.52 bits per heavy atom. The van der Waals surface area contributed by atoms with Crippen molar-refractivity contribution < 1.29 is 18.7 Å². The highest BCUT2D eigenvalue weighted by atomic mass is 19.1. The number of rotatable bonds is 6. The lowest BCUT2D eigenvalue weighted by atomic mass is 9.95. The summed E-state index contributed by atoms with van der Waals surface area (Å²) in [6, 6.07) is 6.36. The number of benzene rings is 1. The molecule has 2 heterocycles. The molecule has 0 radical (unpaired) electrons. The SMILES string of the molecule is O=C(NCCN1CCOCC1)C1CCN(C(=O)Cc2ccccc2F)CC1. The summed E-state index contributed by atoms with van der Waals surface area (Å²) in [5.41, 5.74) is 0.422. The Morgan fingerprint density at radius 2 is 1.81 bits per heavy atom. The third-order valence-corrected chi connectivity index (χ3v) is 5.35. The average molecular weight is 377 g/mol. The van der Waals surface area contributed by atoms with Gasteiger partial charge in [0, 0.05) is 45.2 Å². The molecule has 1 aromatic carbocycles. The smallest absolute Gasteiger partial charge is 0.227 e. The van der Waals surface area contributed by atoms with Crippen LogP contribution in [0.5, 0.6) is 0 Å². The standard InChI is InChI=1S/C20H28FN3O3/c21-18-4-2-1-3-17(18)15-19(25)24-8-5-16(6-9-24)20(26)22-7-10-23-11-13-27-14-12-23/h1-4,16H,5-15H2,(H,22,26). The summed E-state index contributed by atoms with van der Waals surface area (Å²) in [6.07, 6.45) is 1.39. The zero-order chi connectivity index (χ0) is 19.1. The van der Waals surface area contributed by atoms with Crippen molar-refractivity contribution in [3.8, 4) is 0 Å². The van der Waals surface area contributed by atoms with Crippen molar-refractivity contribution in [2.75, 3.05) is 52.5 Å². The molecule has 1 aromatic rings. The van der Waals surface area contributed by atoms with Crippen LogP contribution in [0.1, 0.15) is 18.4 Å². The van der Waals surface area contributed by atoms with Crippen molar-refractivity contribution in [3.63, 3.8) is 0 Å². The van der Waals surface area contributed by atoms with Crippen LogP contribution in [0.3, 0.4) is 0 Å². The summed E-state index contributed by atoms with van der Waals surface area (Å²) in [5.74, 6) is -0.400. The fourth-order valence-electron chi connectivity index (χ4n) is 3.61. The van der Waals surface area contributed by atoms with E-state index in [1.165, 1.54) is 6.07 Å². The van der Waals surface area contributed by atoms with Gasteiger partial charge in [0.15, 0.2) is 0 Å². The quantitative estimate of drug-likeness (QED) is 0.805. The predicted molar refractivity (Wildman–Crippen MR) is 99.7 cm³/mol. The molecular weight excluding hydrogens is 349 g/mol. The van der Waals surface area contributed by atoms with E-state index < -0.39 is 0 Å². The lowest BCUT2D eigenvalue weighted by molar-refractivity contribution is -0.135. The number of hydrogen-bond donors (Lipinski definition) is 1. The molecule has 148 valence electrons. The molecule has 7 heteroatoms. The molecule has 0 aromatic heterocycles. The Kier molecular flexibility index (Phi) is 7.18. The third kappa shape index (κ3) is 5.74. The maximum Gasteiger partial charge on any atom is 0.227 e. The van der Waals surface area contributed by atoms with Gasteiger partial charge in [0.05, 0.1) is 19.6 Å². The number of halogens is 1. The molecule has 1 N–H and O–H groups in total. The molecule has 0 unspecified atom stereocenters. The maximum absolute atomic E-state index is 13.7. The van der Waals surface area contributed by atoms with Crippen molar-refractivity contribution in [2.45, 2.75) is 19.3 Å². The second-order valence-electron chi connectivity index (χ2n) is 7.17. The van der Waals surface area contributed by atoms with Gasteiger partial charge in [0.1, 0.15) is 5.82 Å². The van der Waals surface area contributed by atoms with Crippen LogP contribution in [0, 0.1) is 11.7 Å². The Labute approximate surface area is 159 Å². The zero-order valence-corrected chi connectivity index (χ0v) is 15.7. The van der Waals surface area contributed by atoms with Crippen LogP contribution in [0.25, 0.3) is 0 Å². The first-order valence-electron chi connectivity index (χ1n) is 9.72. The molecule has 6 nitrogen and oxygen atoms in total. The van der Waals surface area contributed by atoms with Crippen molar-refractivity contribution >= 4 is 11.8 Å². The number of nitrogens with zero attached hydrogens (tertiary/aromatic N) is 2. The Balaban J connectivity index is 1.37. The van der Waals surface area contributed by atoms with E-state index in [2.05, 4.69) is 10.2 Å². The first kappa shape index (κ1) is 19.8. The molecule has 2 fully saturated rings. The van der Waals surface area contributed by atoms with Crippen molar-refractivity contribution in [1.82, 2.24) is 15.1 Å². The van der Waals surface area contributed by atoms with E-state index in [4.69, 9.17) is 4.74 Å². The van der Waals surface area contributed by atoms with Crippen LogP contribution in [0.15, 0.2) is 24.3 Å². The van der Waals surface area contributed by atoms with E-state index >= 15 is 0 Å². The summed E-state index contributed by atoms with van der Waals surface area (Å²) in [4.78, 5) is 28.8. The van der Waals surface area contributed by atoms with E-state index in [-0.39, 0.29) is 30.0 Å². The second-order valence-corrected chi connectivity index (χ2v) is 7.17. The van der Waals surface area contributed by atoms with Crippen LogP contribution >= 0.6 is 0 Å². The molecule has 0 saturated carbocycles. The van der Waals surface area contributed by atoms with Crippen molar-refractivity contribution in [1.29, 1.82) is 0 Å². The van der Waals surface area contributed by atoms with Gasteiger partial charge in [0.25, 0.3) is 0 Å². The lowest BCUT2D eigenvalue weighted by Gasteiger charge is -2.32. The highest BCUT2D eigenvalue weighted by Gasteiger charge is 2.27. The first-order valence-corrected chi connectivity index (χ1v) is 9.72. The summed E-state index contributed by atoms with van der Waals surface area (Å²) < 4.78 is 19.0. The van der Waals surface area contributed by atoms with Gasteiger partial charge < -0.3 is 15.0 Å². The van der Waals surface area contributed by atoms with Gasteiger partial charge in [-0.15, -0.1) is 0 Å². The minimum Gasteiger partial charge on any atom is -0.379 e. The predicted octanol–water partition coefficient (Wildman–Crippen LogP) is 1.06. The molecule has 0 bridgehead atoms. The first-order chi connectivity index (χ1) is 13.1. The van der Waals surface area contributed by atoms with Crippen LogP contribution in [0.2, 0.25) is 0 Å². The summed E-state index contributed by atoms with van der Waals surface area (Å²) >= 11 is 0. The fraction of sp³-hybridized carbons (Fsp3) is 0.600.